The number of likely N-dealkylation sites (tertiary alicyclic amines) is 1. The molecule has 2 rings (SSSR count). The predicted octanol–water partition coefficient (Wildman–Crippen LogP) is 1.56. The second kappa shape index (κ2) is 6.26. The number of piperidine rings is 1. The van der Waals surface area contributed by atoms with Crippen molar-refractivity contribution >= 4 is 6.03 Å². The molecule has 1 aromatic rings. The number of aromatic nitrogens is 1. The van der Waals surface area contributed by atoms with Gasteiger partial charge in [-0.1, -0.05) is 5.16 Å². The van der Waals surface area contributed by atoms with Gasteiger partial charge < -0.3 is 14.3 Å². The molecule has 0 aliphatic carbocycles. The van der Waals surface area contributed by atoms with Gasteiger partial charge >= 0.3 is 6.03 Å². The van der Waals surface area contributed by atoms with Crippen LogP contribution in [0.5, 0.6) is 0 Å². The molecule has 0 atom stereocenters. The normalized spacial score (nSPS) is 17.2. The Bertz CT molecular complexity index is 450. The van der Waals surface area contributed by atoms with Crippen molar-refractivity contribution < 1.29 is 9.32 Å². The average molecular weight is 280 g/mol. The van der Waals surface area contributed by atoms with E-state index in [1.807, 2.05) is 24.9 Å². The fourth-order valence-electron chi connectivity index (χ4n) is 2.66. The number of hydrogen-bond donors (Lipinski definition) is 0. The lowest BCUT2D eigenvalue weighted by Gasteiger charge is -2.37. The summed E-state index contributed by atoms with van der Waals surface area (Å²) in [5.41, 5.74) is 0.985. The quantitative estimate of drug-likeness (QED) is 0.843. The minimum Gasteiger partial charge on any atom is -0.361 e. The van der Waals surface area contributed by atoms with Crippen molar-refractivity contribution in [3.63, 3.8) is 0 Å². The predicted molar refractivity (Wildman–Crippen MR) is 76.4 cm³/mol. The molecule has 0 unspecified atom stereocenters. The lowest BCUT2D eigenvalue weighted by molar-refractivity contribution is 0.117. The Kier molecular flexibility index (Phi) is 4.65. The van der Waals surface area contributed by atoms with Gasteiger partial charge in [0.2, 0.25) is 0 Å². The molecule has 1 fully saturated rings. The first-order valence-corrected chi connectivity index (χ1v) is 7.06. The molecule has 20 heavy (non-hydrogen) atoms. The van der Waals surface area contributed by atoms with Crippen LogP contribution in [0.4, 0.5) is 4.79 Å². The number of nitrogens with zero attached hydrogens (tertiary/aromatic N) is 4. The van der Waals surface area contributed by atoms with Crippen LogP contribution < -0.4 is 0 Å². The van der Waals surface area contributed by atoms with E-state index >= 15 is 0 Å². The van der Waals surface area contributed by atoms with E-state index in [9.17, 15) is 4.79 Å². The maximum absolute atomic E-state index is 11.9. The Labute approximate surface area is 120 Å². The molecule has 0 radical (unpaired) electrons. The van der Waals surface area contributed by atoms with Gasteiger partial charge in [-0.25, -0.2) is 4.79 Å². The first-order valence-electron chi connectivity index (χ1n) is 7.06. The van der Waals surface area contributed by atoms with E-state index in [4.69, 9.17) is 4.52 Å². The number of amides is 2. The molecule has 2 heterocycles. The van der Waals surface area contributed by atoms with Crippen molar-refractivity contribution in [2.45, 2.75) is 32.4 Å². The highest BCUT2D eigenvalue weighted by Crippen LogP contribution is 2.18. The minimum atomic E-state index is 0.0792. The number of hydrogen-bond acceptors (Lipinski definition) is 4. The van der Waals surface area contributed by atoms with Crippen LogP contribution in [0, 0.1) is 6.92 Å². The third kappa shape index (κ3) is 3.50. The first kappa shape index (κ1) is 14.8. The number of carbonyl (C=O) groups excluding carboxylic acids is 1. The second-order valence-corrected chi connectivity index (χ2v) is 5.72. The Morgan fingerprint density at radius 3 is 2.55 bits per heavy atom. The Hall–Kier alpha value is -1.56. The lowest BCUT2D eigenvalue weighted by Crippen LogP contribution is -2.48. The van der Waals surface area contributed by atoms with Crippen LogP contribution in [0.3, 0.4) is 0 Å². The molecule has 1 saturated heterocycles. The summed E-state index contributed by atoms with van der Waals surface area (Å²) in [5, 5.41) is 4.03. The zero-order valence-electron chi connectivity index (χ0n) is 12.8. The summed E-state index contributed by atoms with van der Waals surface area (Å²) in [4.78, 5) is 17.8. The van der Waals surface area contributed by atoms with E-state index in [1.54, 1.807) is 19.0 Å². The van der Waals surface area contributed by atoms with Crippen LogP contribution in [-0.4, -0.2) is 66.2 Å². The highest BCUT2D eigenvalue weighted by molar-refractivity contribution is 5.73. The fraction of sp³-hybridized carbons (Fsp3) is 0.714. The van der Waals surface area contributed by atoms with Crippen molar-refractivity contribution in [3.05, 3.63) is 17.5 Å². The Morgan fingerprint density at radius 2 is 2.05 bits per heavy atom. The van der Waals surface area contributed by atoms with E-state index in [0.29, 0.717) is 6.04 Å². The molecule has 0 N–H and O–H groups in total. The van der Waals surface area contributed by atoms with Crippen LogP contribution in [0.1, 0.15) is 24.3 Å². The molecule has 0 bridgehead atoms. The number of aryl methyl sites for hydroxylation is 1. The third-order valence-corrected chi connectivity index (χ3v) is 3.85. The summed E-state index contributed by atoms with van der Waals surface area (Å²) < 4.78 is 5.09. The van der Waals surface area contributed by atoms with Crippen molar-refractivity contribution in [1.82, 2.24) is 19.9 Å². The van der Waals surface area contributed by atoms with Gasteiger partial charge in [-0.2, -0.15) is 0 Å². The van der Waals surface area contributed by atoms with Gasteiger partial charge in [-0.3, -0.25) is 4.90 Å². The van der Waals surface area contributed by atoms with E-state index < -0.39 is 0 Å². The first-order chi connectivity index (χ1) is 9.47. The Balaban J connectivity index is 1.81. The van der Waals surface area contributed by atoms with Gasteiger partial charge in [0.05, 0.1) is 5.69 Å². The third-order valence-electron chi connectivity index (χ3n) is 3.85. The minimum absolute atomic E-state index is 0.0792. The number of rotatable bonds is 3. The smallest absolute Gasteiger partial charge is 0.319 e. The van der Waals surface area contributed by atoms with Gasteiger partial charge in [0, 0.05) is 52.9 Å². The molecule has 6 nitrogen and oxygen atoms in total. The molecule has 1 aliphatic heterocycles. The van der Waals surface area contributed by atoms with Crippen LogP contribution in [-0.2, 0) is 6.54 Å². The second-order valence-electron chi connectivity index (χ2n) is 5.72. The Morgan fingerprint density at radius 1 is 1.40 bits per heavy atom. The molecular formula is C14H24N4O2. The molecule has 0 aromatic carbocycles. The van der Waals surface area contributed by atoms with Crippen molar-refractivity contribution in [2.24, 2.45) is 0 Å². The summed E-state index contributed by atoms with van der Waals surface area (Å²) >= 11 is 0. The maximum atomic E-state index is 11.9. The summed E-state index contributed by atoms with van der Waals surface area (Å²) in [7, 11) is 5.48. The fourth-order valence-corrected chi connectivity index (χ4v) is 2.66. The highest BCUT2D eigenvalue weighted by Gasteiger charge is 2.26. The number of urea groups is 1. The SMILES string of the molecule is Cc1cc(CN2CCC(N(C)C(=O)N(C)C)CC2)no1. The van der Waals surface area contributed by atoms with Crippen molar-refractivity contribution in [3.8, 4) is 0 Å². The molecule has 112 valence electrons. The molecule has 0 spiro atoms. The van der Waals surface area contributed by atoms with Gasteiger partial charge in [-0.15, -0.1) is 0 Å². The van der Waals surface area contributed by atoms with Gasteiger partial charge in [-0.05, 0) is 19.8 Å². The monoisotopic (exact) mass is 280 g/mol. The van der Waals surface area contributed by atoms with Crippen molar-refractivity contribution in [1.29, 1.82) is 0 Å². The topological polar surface area (TPSA) is 52.8 Å². The van der Waals surface area contributed by atoms with E-state index in [0.717, 1.165) is 43.9 Å². The van der Waals surface area contributed by atoms with Crippen molar-refractivity contribution in [2.75, 3.05) is 34.2 Å². The van der Waals surface area contributed by atoms with Gasteiger partial charge in [0.15, 0.2) is 0 Å². The van der Waals surface area contributed by atoms with Gasteiger partial charge in [0.1, 0.15) is 5.76 Å². The molecule has 6 heteroatoms. The standard InChI is InChI=1S/C14H24N4O2/c1-11-9-12(15-20-11)10-18-7-5-13(6-8-18)17(4)14(19)16(2)3/h9,13H,5-8,10H2,1-4H3. The van der Waals surface area contributed by atoms with Crippen LogP contribution in [0.2, 0.25) is 0 Å². The molecule has 1 aliphatic rings. The van der Waals surface area contributed by atoms with Crippen LogP contribution in [0.25, 0.3) is 0 Å². The lowest BCUT2D eigenvalue weighted by atomic mass is 10.0. The highest BCUT2D eigenvalue weighted by atomic mass is 16.5. The van der Waals surface area contributed by atoms with Crippen LogP contribution in [0.15, 0.2) is 10.6 Å². The van der Waals surface area contributed by atoms with Gasteiger partial charge in [0.25, 0.3) is 0 Å². The maximum Gasteiger partial charge on any atom is 0.319 e. The molecule has 2 amide bonds. The largest absolute Gasteiger partial charge is 0.361 e. The summed E-state index contributed by atoms with van der Waals surface area (Å²) in [6, 6.07) is 2.39. The zero-order valence-corrected chi connectivity index (χ0v) is 12.8. The summed E-state index contributed by atoms with van der Waals surface area (Å²) in [6.07, 6.45) is 2.01. The molecular weight excluding hydrogens is 256 g/mol. The number of carbonyl (C=O) groups is 1. The summed E-state index contributed by atoms with van der Waals surface area (Å²) in [6.45, 7) is 4.71. The van der Waals surface area contributed by atoms with E-state index in [2.05, 4.69) is 10.1 Å². The van der Waals surface area contributed by atoms with Crippen LogP contribution >= 0.6 is 0 Å². The van der Waals surface area contributed by atoms with E-state index in [-0.39, 0.29) is 6.03 Å². The average Bonchev–Trinajstić information content (AvgIpc) is 2.83. The molecule has 0 saturated carbocycles. The summed E-state index contributed by atoms with van der Waals surface area (Å²) in [5.74, 6) is 0.853. The van der Waals surface area contributed by atoms with E-state index in [1.165, 1.54) is 0 Å². The molecule has 1 aromatic heterocycles. The zero-order chi connectivity index (χ0) is 14.7.